The molecule has 0 spiro atoms. The van der Waals surface area contributed by atoms with Crippen LogP contribution in [0.5, 0.6) is 11.5 Å². The van der Waals surface area contributed by atoms with E-state index in [0.717, 1.165) is 22.6 Å². The minimum atomic E-state index is -0.336. The van der Waals surface area contributed by atoms with Gasteiger partial charge in [0.15, 0.2) is 11.5 Å². The van der Waals surface area contributed by atoms with E-state index in [0.29, 0.717) is 27.6 Å². The Morgan fingerprint density at radius 2 is 1.86 bits per heavy atom. The summed E-state index contributed by atoms with van der Waals surface area (Å²) in [6.07, 6.45) is 6.71. The molecule has 1 amide bonds. The largest absolute Gasteiger partial charge is 0.493 e. The Balaban J connectivity index is 1.47. The first-order valence-electron chi connectivity index (χ1n) is 11.1. The number of methoxy groups -OCH3 is 1. The van der Waals surface area contributed by atoms with Crippen molar-refractivity contribution >= 4 is 23.7 Å². The predicted octanol–water partition coefficient (Wildman–Crippen LogP) is 5.89. The molecule has 0 unspecified atom stereocenters. The van der Waals surface area contributed by atoms with Crippen molar-refractivity contribution in [1.82, 2.24) is 9.99 Å². The summed E-state index contributed by atoms with van der Waals surface area (Å²) in [6.45, 7) is 2.12. The fourth-order valence-corrected chi connectivity index (χ4v) is 4.05. The van der Waals surface area contributed by atoms with Gasteiger partial charge >= 0.3 is 0 Å². The SMILES string of the molecule is C#CCOc1c(Cl)cc(/C=N/NC(=O)c2ccc(-n3c(C)ccc3-c3ccccc3)cc2)cc1OC. The summed E-state index contributed by atoms with van der Waals surface area (Å²) < 4.78 is 12.9. The van der Waals surface area contributed by atoms with Crippen LogP contribution in [0.4, 0.5) is 0 Å². The maximum atomic E-state index is 12.6. The number of rotatable bonds is 8. The van der Waals surface area contributed by atoms with E-state index < -0.39 is 0 Å². The Morgan fingerprint density at radius 1 is 1.11 bits per heavy atom. The molecule has 1 aromatic heterocycles. The highest BCUT2D eigenvalue weighted by molar-refractivity contribution is 6.32. The summed E-state index contributed by atoms with van der Waals surface area (Å²) in [5, 5.41) is 4.37. The van der Waals surface area contributed by atoms with Crippen molar-refractivity contribution in [3.05, 3.63) is 101 Å². The standard InChI is InChI=1S/C29H24ClN3O3/c1-4-16-36-28-25(30)17-21(18-27(28)35-3)19-31-32-29(34)23-11-13-24(14-12-23)33-20(2)10-15-26(33)22-8-6-5-7-9-22/h1,5-15,17-19H,16H2,2-3H3,(H,32,34)/b31-19+. The van der Waals surface area contributed by atoms with Crippen LogP contribution in [0.2, 0.25) is 5.02 Å². The van der Waals surface area contributed by atoms with Gasteiger partial charge in [-0.15, -0.1) is 6.42 Å². The van der Waals surface area contributed by atoms with Crippen LogP contribution in [0, 0.1) is 19.3 Å². The molecule has 1 N–H and O–H groups in total. The summed E-state index contributed by atoms with van der Waals surface area (Å²) in [7, 11) is 1.50. The quantitative estimate of drug-likeness (QED) is 0.187. The zero-order valence-electron chi connectivity index (χ0n) is 19.9. The minimum absolute atomic E-state index is 0.0653. The number of carbonyl (C=O) groups excluding carboxylic acids is 1. The molecule has 0 aliphatic heterocycles. The first-order valence-corrected chi connectivity index (χ1v) is 11.5. The van der Waals surface area contributed by atoms with E-state index in [1.165, 1.54) is 13.3 Å². The second-order valence-corrected chi connectivity index (χ2v) is 8.24. The number of ether oxygens (including phenoxy) is 2. The van der Waals surface area contributed by atoms with Gasteiger partial charge in [0.2, 0.25) is 0 Å². The van der Waals surface area contributed by atoms with Gasteiger partial charge in [-0.3, -0.25) is 4.79 Å². The number of hydrogen-bond donors (Lipinski definition) is 1. The lowest BCUT2D eigenvalue weighted by Crippen LogP contribution is -2.17. The van der Waals surface area contributed by atoms with Gasteiger partial charge in [0.25, 0.3) is 5.91 Å². The zero-order valence-corrected chi connectivity index (χ0v) is 20.6. The number of aryl methyl sites for hydroxylation is 1. The van der Waals surface area contributed by atoms with Crippen molar-refractivity contribution < 1.29 is 14.3 Å². The monoisotopic (exact) mass is 497 g/mol. The first-order chi connectivity index (χ1) is 17.5. The number of nitrogens with zero attached hydrogens (tertiary/aromatic N) is 2. The molecular weight excluding hydrogens is 474 g/mol. The maximum absolute atomic E-state index is 12.6. The zero-order chi connectivity index (χ0) is 25.5. The van der Waals surface area contributed by atoms with Crippen LogP contribution < -0.4 is 14.9 Å². The molecule has 3 aromatic carbocycles. The smallest absolute Gasteiger partial charge is 0.271 e. The lowest BCUT2D eigenvalue weighted by atomic mass is 10.1. The average Bonchev–Trinajstić information content (AvgIpc) is 3.29. The number of benzene rings is 3. The first kappa shape index (κ1) is 24.6. The molecule has 0 aliphatic carbocycles. The van der Waals surface area contributed by atoms with Crippen LogP contribution in [0.3, 0.4) is 0 Å². The minimum Gasteiger partial charge on any atom is -0.493 e. The normalized spacial score (nSPS) is 10.7. The van der Waals surface area contributed by atoms with Crippen molar-refractivity contribution in [3.63, 3.8) is 0 Å². The van der Waals surface area contributed by atoms with E-state index in [1.807, 2.05) is 30.3 Å². The molecule has 0 atom stereocenters. The predicted molar refractivity (Wildman–Crippen MR) is 143 cm³/mol. The Morgan fingerprint density at radius 3 is 2.56 bits per heavy atom. The van der Waals surface area contributed by atoms with Gasteiger partial charge in [0, 0.05) is 16.9 Å². The molecule has 0 bridgehead atoms. The van der Waals surface area contributed by atoms with Crippen LogP contribution in [0.15, 0.2) is 84.0 Å². The van der Waals surface area contributed by atoms with Crippen LogP contribution in [0.25, 0.3) is 16.9 Å². The van der Waals surface area contributed by atoms with E-state index in [4.69, 9.17) is 27.5 Å². The average molecular weight is 498 g/mol. The number of aromatic nitrogens is 1. The van der Waals surface area contributed by atoms with Crippen LogP contribution in [-0.4, -0.2) is 30.4 Å². The van der Waals surface area contributed by atoms with Gasteiger partial charge in [0.1, 0.15) is 6.61 Å². The number of hydrogen-bond acceptors (Lipinski definition) is 4. The topological polar surface area (TPSA) is 64.8 Å². The Labute approximate surface area is 215 Å². The van der Waals surface area contributed by atoms with E-state index in [-0.39, 0.29) is 12.5 Å². The molecule has 0 radical (unpaired) electrons. The fraction of sp³-hybridized carbons (Fsp3) is 0.103. The highest BCUT2D eigenvalue weighted by atomic mass is 35.5. The van der Waals surface area contributed by atoms with Gasteiger partial charge in [-0.05, 0) is 66.6 Å². The molecule has 1 heterocycles. The number of carbonyl (C=O) groups is 1. The van der Waals surface area contributed by atoms with Crippen LogP contribution in [-0.2, 0) is 0 Å². The number of nitrogens with one attached hydrogen (secondary N) is 1. The van der Waals surface area contributed by atoms with Gasteiger partial charge < -0.3 is 14.0 Å². The summed E-state index contributed by atoms with van der Waals surface area (Å²) in [6, 6.07) is 25.0. The second-order valence-electron chi connectivity index (χ2n) is 7.83. The van der Waals surface area contributed by atoms with Gasteiger partial charge in [-0.25, -0.2) is 5.43 Å². The Kier molecular flexibility index (Phi) is 7.74. The van der Waals surface area contributed by atoms with E-state index in [2.05, 4.69) is 52.2 Å². The molecule has 4 aromatic rings. The van der Waals surface area contributed by atoms with Crippen molar-refractivity contribution in [3.8, 4) is 40.8 Å². The van der Waals surface area contributed by atoms with Crippen molar-refractivity contribution in [2.45, 2.75) is 6.92 Å². The summed E-state index contributed by atoms with van der Waals surface area (Å²) in [4.78, 5) is 12.6. The summed E-state index contributed by atoms with van der Waals surface area (Å²) in [5.74, 6) is 2.82. The molecule has 0 saturated heterocycles. The van der Waals surface area contributed by atoms with E-state index >= 15 is 0 Å². The highest BCUT2D eigenvalue weighted by Crippen LogP contribution is 2.36. The van der Waals surface area contributed by atoms with Gasteiger partial charge in [0.05, 0.1) is 24.0 Å². The second kappa shape index (κ2) is 11.3. The summed E-state index contributed by atoms with van der Waals surface area (Å²) >= 11 is 6.28. The third-order valence-electron chi connectivity index (χ3n) is 5.46. The van der Waals surface area contributed by atoms with Gasteiger partial charge in [-0.1, -0.05) is 47.9 Å². The molecule has 0 fully saturated rings. The molecule has 0 aliphatic rings. The molecule has 4 rings (SSSR count). The van der Waals surface area contributed by atoms with Crippen molar-refractivity contribution in [1.29, 1.82) is 0 Å². The Hall–Kier alpha value is -4.47. The molecule has 6 nitrogen and oxygen atoms in total. The summed E-state index contributed by atoms with van der Waals surface area (Å²) in [5.41, 5.74) is 7.91. The molecule has 180 valence electrons. The number of amides is 1. The molecule has 0 saturated carbocycles. The lowest BCUT2D eigenvalue weighted by molar-refractivity contribution is 0.0955. The van der Waals surface area contributed by atoms with Crippen molar-refractivity contribution in [2.24, 2.45) is 5.10 Å². The molecule has 36 heavy (non-hydrogen) atoms. The van der Waals surface area contributed by atoms with E-state index in [9.17, 15) is 4.79 Å². The van der Waals surface area contributed by atoms with Gasteiger partial charge in [-0.2, -0.15) is 5.10 Å². The Bertz CT molecular complexity index is 1440. The van der Waals surface area contributed by atoms with E-state index in [1.54, 1.807) is 24.3 Å². The third kappa shape index (κ3) is 5.43. The molecular formula is C29H24ClN3O3. The third-order valence-corrected chi connectivity index (χ3v) is 5.75. The van der Waals surface area contributed by atoms with Crippen LogP contribution in [0.1, 0.15) is 21.6 Å². The number of terminal acetylenes is 1. The molecule has 7 heteroatoms. The lowest BCUT2D eigenvalue weighted by Gasteiger charge is -2.13. The number of halogens is 1. The maximum Gasteiger partial charge on any atom is 0.271 e. The van der Waals surface area contributed by atoms with Crippen molar-refractivity contribution in [2.75, 3.05) is 13.7 Å². The van der Waals surface area contributed by atoms with Crippen LogP contribution >= 0.6 is 11.6 Å². The fourth-order valence-electron chi connectivity index (χ4n) is 3.78. The number of hydrazone groups is 1. The highest BCUT2D eigenvalue weighted by Gasteiger charge is 2.12.